The molecule has 0 aromatic carbocycles. The summed E-state index contributed by atoms with van der Waals surface area (Å²) in [6.45, 7) is 1.09. The molecule has 3 heterocycles. The van der Waals surface area contributed by atoms with E-state index in [-0.39, 0.29) is 6.04 Å². The highest BCUT2D eigenvalue weighted by Gasteiger charge is 2.32. The molecule has 1 amide bonds. The summed E-state index contributed by atoms with van der Waals surface area (Å²) in [4.78, 5) is 21.8. The van der Waals surface area contributed by atoms with Gasteiger partial charge in [-0.3, -0.25) is 4.79 Å². The number of fused-ring (bicyclic) bond motifs is 1. The summed E-state index contributed by atoms with van der Waals surface area (Å²) < 4.78 is 37.1. The van der Waals surface area contributed by atoms with E-state index in [1.807, 2.05) is 16.3 Å². The van der Waals surface area contributed by atoms with Crippen LogP contribution in [0.5, 0.6) is 0 Å². The zero-order valence-electron chi connectivity index (χ0n) is 11.4. The second-order valence-corrected chi connectivity index (χ2v) is 6.03. The normalized spacial score (nSPS) is 15.9. The molecule has 0 aliphatic carbocycles. The van der Waals surface area contributed by atoms with Gasteiger partial charge in [0.15, 0.2) is 0 Å². The number of halogens is 3. The van der Waals surface area contributed by atoms with Gasteiger partial charge in [0.25, 0.3) is 0 Å². The Hall–Kier alpha value is -1.90. The quantitative estimate of drug-likeness (QED) is 0.935. The Balaban J connectivity index is 1.52. The van der Waals surface area contributed by atoms with Gasteiger partial charge in [0.2, 0.25) is 5.91 Å². The van der Waals surface area contributed by atoms with Crippen LogP contribution in [0.4, 0.5) is 19.0 Å². The number of alkyl halides is 3. The maximum atomic E-state index is 12.0. The Labute approximate surface area is 128 Å². The van der Waals surface area contributed by atoms with Crippen molar-refractivity contribution < 1.29 is 18.0 Å². The maximum absolute atomic E-state index is 12.0. The minimum atomic E-state index is -4.30. The number of carbonyl (C=O) groups excluding carboxylic acids is 1. The number of amides is 1. The molecule has 0 saturated carbocycles. The lowest BCUT2D eigenvalue weighted by atomic mass is 10.1. The van der Waals surface area contributed by atoms with E-state index >= 15 is 0 Å². The molecule has 0 atom stereocenters. The number of hydrogen-bond donors (Lipinski definition) is 1. The van der Waals surface area contributed by atoms with Crippen molar-refractivity contribution in [3.63, 3.8) is 0 Å². The Morgan fingerprint density at radius 1 is 1.41 bits per heavy atom. The van der Waals surface area contributed by atoms with Crippen LogP contribution in [0.2, 0.25) is 0 Å². The molecule has 2 aromatic rings. The third-order valence-electron chi connectivity index (χ3n) is 3.41. The molecule has 1 N–H and O–H groups in total. The summed E-state index contributed by atoms with van der Waals surface area (Å²) in [6.07, 6.45) is -4.42. The third kappa shape index (κ3) is 3.29. The fourth-order valence-corrected chi connectivity index (χ4v) is 3.16. The Kier molecular flexibility index (Phi) is 3.90. The SMILES string of the molecule is O=C(CCC(F)(F)F)NC1CN(c2ncnc3ccsc23)C1. The van der Waals surface area contributed by atoms with Gasteiger partial charge in [0.1, 0.15) is 12.1 Å². The summed E-state index contributed by atoms with van der Waals surface area (Å²) in [7, 11) is 0. The number of hydrogen-bond acceptors (Lipinski definition) is 5. The molecule has 1 aliphatic heterocycles. The van der Waals surface area contributed by atoms with E-state index in [2.05, 4.69) is 15.3 Å². The van der Waals surface area contributed by atoms with Crippen LogP contribution >= 0.6 is 11.3 Å². The first-order chi connectivity index (χ1) is 10.4. The van der Waals surface area contributed by atoms with Gasteiger partial charge in [-0.05, 0) is 11.4 Å². The van der Waals surface area contributed by atoms with E-state index in [4.69, 9.17) is 0 Å². The molecule has 0 bridgehead atoms. The number of nitrogens with one attached hydrogen (secondary N) is 1. The molecule has 1 aliphatic rings. The van der Waals surface area contributed by atoms with Crippen LogP contribution in [-0.4, -0.2) is 41.2 Å². The van der Waals surface area contributed by atoms with E-state index < -0.39 is 24.9 Å². The highest BCUT2D eigenvalue weighted by molar-refractivity contribution is 7.17. The summed E-state index contributed by atoms with van der Waals surface area (Å²) >= 11 is 1.54. The molecule has 0 spiro atoms. The first kappa shape index (κ1) is 15.0. The van der Waals surface area contributed by atoms with Gasteiger partial charge in [-0.1, -0.05) is 0 Å². The van der Waals surface area contributed by atoms with Crippen molar-refractivity contribution >= 4 is 33.3 Å². The smallest absolute Gasteiger partial charge is 0.351 e. The third-order valence-corrected chi connectivity index (χ3v) is 4.31. The molecule has 5 nitrogen and oxygen atoms in total. The Bertz CT molecular complexity index is 681. The van der Waals surface area contributed by atoms with Gasteiger partial charge in [0.05, 0.1) is 22.7 Å². The predicted octanol–water partition coefficient (Wildman–Crippen LogP) is 2.34. The zero-order chi connectivity index (χ0) is 15.7. The fourth-order valence-electron chi connectivity index (χ4n) is 2.30. The number of nitrogens with zero attached hydrogens (tertiary/aromatic N) is 3. The van der Waals surface area contributed by atoms with Crippen LogP contribution in [0.15, 0.2) is 17.8 Å². The molecule has 9 heteroatoms. The van der Waals surface area contributed by atoms with Crippen LogP contribution in [0, 0.1) is 0 Å². The average molecular weight is 330 g/mol. The molecule has 1 fully saturated rings. The van der Waals surface area contributed by atoms with Gasteiger partial charge in [-0.25, -0.2) is 9.97 Å². The van der Waals surface area contributed by atoms with E-state index in [1.54, 1.807) is 0 Å². The van der Waals surface area contributed by atoms with Crippen molar-refractivity contribution in [1.82, 2.24) is 15.3 Å². The number of carbonyl (C=O) groups is 1. The molecule has 3 rings (SSSR count). The fraction of sp³-hybridized carbons (Fsp3) is 0.462. The number of aromatic nitrogens is 2. The van der Waals surface area contributed by atoms with Gasteiger partial charge >= 0.3 is 6.18 Å². The van der Waals surface area contributed by atoms with Crippen molar-refractivity contribution in [3.8, 4) is 0 Å². The van der Waals surface area contributed by atoms with Crippen LogP contribution in [0.1, 0.15) is 12.8 Å². The van der Waals surface area contributed by atoms with Crippen LogP contribution in [-0.2, 0) is 4.79 Å². The van der Waals surface area contributed by atoms with Crippen LogP contribution in [0.25, 0.3) is 10.2 Å². The topological polar surface area (TPSA) is 58.1 Å². The van der Waals surface area contributed by atoms with Gasteiger partial charge in [-0.2, -0.15) is 13.2 Å². The Morgan fingerprint density at radius 2 is 2.18 bits per heavy atom. The highest BCUT2D eigenvalue weighted by Crippen LogP contribution is 2.30. The maximum Gasteiger partial charge on any atom is 0.389 e. The zero-order valence-corrected chi connectivity index (χ0v) is 12.2. The molecular formula is C13H13F3N4OS. The lowest BCUT2D eigenvalue weighted by molar-refractivity contribution is -0.144. The van der Waals surface area contributed by atoms with Crippen molar-refractivity contribution in [2.75, 3.05) is 18.0 Å². The summed E-state index contributed by atoms with van der Waals surface area (Å²) in [5, 5.41) is 4.54. The highest BCUT2D eigenvalue weighted by atomic mass is 32.1. The molecular weight excluding hydrogens is 317 g/mol. The van der Waals surface area contributed by atoms with Crippen molar-refractivity contribution in [2.45, 2.75) is 25.1 Å². The van der Waals surface area contributed by atoms with E-state index in [0.29, 0.717) is 13.1 Å². The minimum Gasteiger partial charge on any atom is -0.351 e. The molecule has 0 unspecified atom stereocenters. The van der Waals surface area contributed by atoms with Crippen LogP contribution < -0.4 is 10.2 Å². The van der Waals surface area contributed by atoms with Crippen LogP contribution in [0.3, 0.4) is 0 Å². The van der Waals surface area contributed by atoms with Gasteiger partial charge < -0.3 is 10.2 Å². The van der Waals surface area contributed by atoms with Gasteiger partial charge in [-0.15, -0.1) is 11.3 Å². The van der Waals surface area contributed by atoms with Crippen molar-refractivity contribution in [3.05, 3.63) is 17.8 Å². The van der Waals surface area contributed by atoms with E-state index in [0.717, 1.165) is 16.0 Å². The number of anilines is 1. The number of rotatable bonds is 4. The second kappa shape index (κ2) is 5.71. The largest absolute Gasteiger partial charge is 0.389 e. The number of thiophene rings is 1. The van der Waals surface area contributed by atoms with Gasteiger partial charge in [0, 0.05) is 19.5 Å². The van der Waals surface area contributed by atoms with Crippen molar-refractivity contribution in [1.29, 1.82) is 0 Å². The second-order valence-electron chi connectivity index (χ2n) is 5.12. The molecule has 118 valence electrons. The average Bonchev–Trinajstić information content (AvgIpc) is 2.88. The molecule has 0 radical (unpaired) electrons. The standard InChI is InChI=1S/C13H13F3N4OS/c14-13(15,16)3-1-10(21)19-8-5-20(6-8)12-11-9(2-4-22-11)17-7-18-12/h2,4,7-8H,1,3,5-6H2,(H,19,21). The minimum absolute atomic E-state index is 0.134. The summed E-state index contributed by atoms with van der Waals surface area (Å²) in [6, 6.07) is 1.77. The molecule has 2 aromatic heterocycles. The first-order valence-electron chi connectivity index (χ1n) is 6.71. The monoisotopic (exact) mass is 330 g/mol. The Morgan fingerprint density at radius 3 is 2.91 bits per heavy atom. The molecule has 22 heavy (non-hydrogen) atoms. The van der Waals surface area contributed by atoms with Crippen molar-refractivity contribution in [2.24, 2.45) is 0 Å². The lowest BCUT2D eigenvalue weighted by Crippen LogP contribution is -2.59. The van der Waals surface area contributed by atoms with E-state index in [1.165, 1.54) is 17.7 Å². The molecule has 1 saturated heterocycles. The first-order valence-corrected chi connectivity index (χ1v) is 7.59. The van der Waals surface area contributed by atoms with E-state index in [9.17, 15) is 18.0 Å². The summed E-state index contributed by atoms with van der Waals surface area (Å²) in [5.74, 6) is 0.242. The lowest BCUT2D eigenvalue weighted by Gasteiger charge is -2.40. The summed E-state index contributed by atoms with van der Waals surface area (Å²) in [5.41, 5.74) is 0.868. The predicted molar refractivity (Wildman–Crippen MR) is 76.8 cm³/mol.